The second kappa shape index (κ2) is 7.41. The molecule has 0 aliphatic rings. The number of carbonyl (C=O) groups excluding carboxylic acids is 2. The maximum absolute atomic E-state index is 11.6. The van der Waals surface area contributed by atoms with Gasteiger partial charge in [0.05, 0.1) is 0 Å². The fourth-order valence-electron chi connectivity index (χ4n) is 2.20. The third-order valence-corrected chi connectivity index (χ3v) is 3.48. The summed E-state index contributed by atoms with van der Waals surface area (Å²) in [5, 5.41) is 5.58. The molecule has 2 amide bonds. The van der Waals surface area contributed by atoms with Crippen molar-refractivity contribution >= 4 is 18.0 Å². The number of anilines is 1. The molecule has 2 rings (SSSR count). The number of aryl methyl sites for hydroxylation is 1. The molecule has 0 atom stereocenters. The van der Waals surface area contributed by atoms with Crippen LogP contribution in [0.3, 0.4) is 0 Å². The molecule has 4 nitrogen and oxygen atoms in total. The molecular weight excluding hydrogens is 276 g/mol. The minimum atomic E-state index is 0.00387. The van der Waals surface area contributed by atoms with Crippen molar-refractivity contribution < 1.29 is 9.59 Å². The molecule has 2 aromatic rings. The monoisotopic (exact) mass is 296 g/mol. The Morgan fingerprint density at radius 3 is 2.64 bits per heavy atom. The van der Waals surface area contributed by atoms with Crippen molar-refractivity contribution in [3.05, 3.63) is 53.6 Å². The minimum absolute atomic E-state index is 0.00387. The third-order valence-electron chi connectivity index (χ3n) is 3.48. The van der Waals surface area contributed by atoms with Crippen LogP contribution in [-0.4, -0.2) is 12.3 Å². The predicted molar refractivity (Wildman–Crippen MR) is 88.4 cm³/mol. The smallest absolute Gasteiger partial charge is 0.224 e. The fourth-order valence-corrected chi connectivity index (χ4v) is 2.20. The zero-order chi connectivity index (χ0) is 15.9. The van der Waals surface area contributed by atoms with E-state index in [9.17, 15) is 9.59 Å². The summed E-state index contributed by atoms with van der Waals surface area (Å²) >= 11 is 0. The first-order valence-electron chi connectivity index (χ1n) is 7.31. The molecular formula is C18H20N2O2. The highest BCUT2D eigenvalue weighted by Gasteiger charge is 2.06. The highest BCUT2D eigenvalue weighted by molar-refractivity contribution is 5.92. The second-order valence-electron chi connectivity index (χ2n) is 5.13. The lowest BCUT2D eigenvalue weighted by molar-refractivity contribution is -0.116. The minimum Gasteiger partial charge on any atom is -0.355 e. The number of carbonyl (C=O) groups is 2. The summed E-state index contributed by atoms with van der Waals surface area (Å²) in [7, 11) is 0. The molecule has 22 heavy (non-hydrogen) atoms. The summed E-state index contributed by atoms with van der Waals surface area (Å²) in [6, 6.07) is 14.0. The van der Waals surface area contributed by atoms with E-state index in [1.165, 1.54) is 0 Å². The predicted octanol–water partition coefficient (Wildman–Crippen LogP) is 3.26. The van der Waals surface area contributed by atoms with Crippen molar-refractivity contribution in [1.82, 2.24) is 5.32 Å². The number of rotatable bonds is 6. The van der Waals surface area contributed by atoms with Gasteiger partial charge >= 0.3 is 0 Å². The van der Waals surface area contributed by atoms with Crippen molar-refractivity contribution in [2.24, 2.45) is 0 Å². The van der Waals surface area contributed by atoms with Gasteiger partial charge in [0.1, 0.15) is 0 Å². The van der Waals surface area contributed by atoms with E-state index in [4.69, 9.17) is 0 Å². The molecule has 4 heteroatoms. The molecule has 0 fully saturated rings. The number of hydrogen-bond acceptors (Lipinski definition) is 2. The van der Waals surface area contributed by atoms with E-state index in [-0.39, 0.29) is 5.91 Å². The summed E-state index contributed by atoms with van der Waals surface area (Å²) in [6.45, 7) is 4.31. The van der Waals surface area contributed by atoms with Gasteiger partial charge in [0.15, 0.2) is 0 Å². The first-order chi connectivity index (χ1) is 10.6. The number of benzene rings is 2. The Kier molecular flexibility index (Phi) is 5.31. The highest BCUT2D eigenvalue weighted by Crippen LogP contribution is 2.26. The number of hydrogen-bond donors (Lipinski definition) is 2. The van der Waals surface area contributed by atoms with Gasteiger partial charge < -0.3 is 10.6 Å². The van der Waals surface area contributed by atoms with E-state index in [0.29, 0.717) is 19.4 Å². The first-order valence-corrected chi connectivity index (χ1v) is 7.31. The Bertz CT molecular complexity index is 681. The fraction of sp³-hybridized carbons (Fsp3) is 0.222. The van der Waals surface area contributed by atoms with Gasteiger partial charge in [-0.1, -0.05) is 37.3 Å². The van der Waals surface area contributed by atoms with E-state index < -0.39 is 0 Å². The molecule has 0 heterocycles. The van der Waals surface area contributed by atoms with Crippen LogP contribution in [-0.2, 0) is 16.1 Å². The number of nitrogens with one attached hydrogen (secondary N) is 2. The molecule has 0 unspecified atom stereocenters. The Balaban J connectivity index is 2.30. The van der Waals surface area contributed by atoms with Crippen LogP contribution in [0.25, 0.3) is 11.1 Å². The first kappa shape index (κ1) is 15.8. The van der Waals surface area contributed by atoms with E-state index in [2.05, 4.69) is 10.6 Å². The molecule has 0 radical (unpaired) electrons. The van der Waals surface area contributed by atoms with E-state index in [1.54, 1.807) is 0 Å². The maximum Gasteiger partial charge on any atom is 0.224 e. The number of amides is 2. The van der Waals surface area contributed by atoms with E-state index in [0.717, 1.165) is 27.9 Å². The van der Waals surface area contributed by atoms with Crippen LogP contribution < -0.4 is 10.6 Å². The summed E-state index contributed by atoms with van der Waals surface area (Å²) in [4.78, 5) is 22.0. The molecule has 0 aromatic heterocycles. The van der Waals surface area contributed by atoms with E-state index in [1.807, 2.05) is 56.3 Å². The largest absolute Gasteiger partial charge is 0.355 e. The van der Waals surface area contributed by atoms with Gasteiger partial charge in [0.2, 0.25) is 12.3 Å². The molecule has 0 saturated heterocycles. The summed E-state index contributed by atoms with van der Waals surface area (Å²) in [5.74, 6) is 0.00387. The summed E-state index contributed by atoms with van der Waals surface area (Å²) < 4.78 is 0. The lowest BCUT2D eigenvalue weighted by atomic mass is 10.0. The molecule has 0 spiro atoms. The Labute approximate surface area is 130 Å². The van der Waals surface area contributed by atoms with Crippen LogP contribution >= 0.6 is 0 Å². The second-order valence-corrected chi connectivity index (χ2v) is 5.13. The van der Waals surface area contributed by atoms with Gasteiger partial charge in [0.25, 0.3) is 0 Å². The van der Waals surface area contributed by atoms with Gasteiger partial charge in [-0.25, -0.2) is 0 Å². The average Bonchev–Trinajstić information content (AvgIpc) is 2.55. The van der Waals surface area contributed by atoms with Crippen molar-refractivity contribution in [1.29, 1.82) is 0 Å². The zero-order valence-corrected chi connectivity index (χ0v) is 12.8. The Hall–Kier alpha value is -2.62. The van der Waals surface area contributed by atoms with Crippen molar-refractivity contribution in [2.45, 2.75) is 26.8 Å². The molecule has 0 aliphatic heterocycles. The van der Waals surface area contributed by atoms with Gasteiger partial charge in [0, 0.05) is 18.7 Å². The Morgan fingerprint density at radius 1 is 1.14 bits per heavy atom. The topological polar surface area (TPSA) is 58.2 Å². The van der Waals surface area contributed by atoms with Crippen molar-refractivity contribution in [3.8, 4) is 11.1 Å². The third kappa shape index (κ3) is 3.95. The van der Waals surface area contributed by atoms with Crippen LogP contribution in [0.1, 0.15) is 24.5 Å². The average molecular weight is 296 g/mol. The highest BCUT2D eigenvalue weighted by atomic mass is 16.1. The van der Waals surface area contributed by atoms with Gasteiger partial charge in [-0.2, -0.15) is 0 Å². The van der Waals surface area contributed by atoms with Crippen LogP contribution in [0.2, 0.25) is 0 Å². The molecule has 2 N–H and O–H groups in total. The maximum atomic E-state index is 11.6. The molecule has 2 aromatic carbocycles. The van der Waals surface area contributed by atoms with E-state index >= 15 is 0 Å². The quantitative estimate of drug-likeness (QED) is 0.804. The summed E-state index contributed by atoms with van der Waals surface area (Å²) in [6.07, 6.45) is 1.15. The standard InChI is InChI=1S/C18H20N2O2/c1-3-18(22)20-17-10-16(8-7-13(17)2)15-6-4-5-14(9-15)11-19-12-21/h4-10,12H,3,11H2,1-2H3,(H,19,21)(H,20,22). The molecule has 0 aliphatic carbocycles. The van der Waals surface area contributed by atoms with Crippen LogP contribution in [0, 0.1) is 6.92 Å². The van der Waals surface area contributed by atoms with Crippen LogP contribution in [0.15, 0.2) is 42.5 Å². The Morgan fingerprint density at radius 2 is 1.91 bits per heavy atom. The summed E-state index contributed by atoms with van der Waals surface area (Å²) in [5.41, 5.74) is 4.98. The van der Waals surface area contributed by atoms with Gasteiger partial charge in [-0.05, 0) is 41.3 Å². The van der Waals surface area contributed by atoms with Crippen molar-refractivity contribution in [3.63, 3.8) is 0 Å². The van der Waals surface area contributed by atoms with Crippen LogP contribution in [0.5, 0.6) is 0 Å². The van der Waals surface area contributed by atoms with Crippen molar-refractivity contribution in [2.75, 3.05) is 5.32 Å². The molecule has 0 bridgehead atoms. The SMILES string of the molecule is CCC(=O)Nc1cc(-c2cccc(CNC=O)c2)ccc1C. The normalized spacial score (nSPS) is 10.1. The zero-order valence-electron chi connectivity index (χ0n) is 12.8. The lowest BCUT2D eigenvalue weighted by Crippen LogP contribution is -2.10. The van der Waals surface area contributed by atoms with Gasteiger partial charge in [-0.3, -0.25) is 9.59 Å². The van der Waals surface area contributed by atoms with Crippen LogP contribution in [0.4, 0.5) is 5.69 Å². The van der Waals surface area contributed by atoms with Gasteiger partial charge in [-0.15, -0.1) is 0 Å². The molecule has 0 saturated carbocycles. The lowest BCUT2D eigenvalue weighted by Gasteiger charge is -2.11. The molecule has 114 valence electrons.